The lowest BCUT2D eigenvalue weighted by molar-refractivity contribution is -0.142. The summed E-state index contributed by atoms with van der Waals surface area (Å²) in [5, 5.41) is 15.9. The molecule has 0 aromatic rings. The molecule has 0 saturated carbocycles. The predicted molar refractivity (Wildman–Crippen MR) is 63.2 cm³/mol. The maximum Gasteiger partial charge on any atom is 0.318 e. The minimum atomic E-state index is -1.17. The van der Waals surface area contributed by atoms with Gasteiger partial charge >= 0.3 is 12.0 Å². The van der Waals surface area contributed by atoms with Gasteiger partial charge in [-0.3, -0.25) is 14.4 Å². The van der Waals surface area contributed by atoms with Gasteiger partial charge in [-0.25, -0.2) is 4.79 Å². The Bertz CT molecular complexity index is 397. The number of carbonyl (C=O) groups is 4. The highest BCUT2D eigenvalue weighted by Gasteiger charge is 2.34. The van der Waals surface area contributed by atoms with Crippen LogP contribution in [-0.2, 0) is 14.4 Å². The maximum absolute atomic E-state index is 11.8. The topological polar surface area (TPSA) is 128 Å². The van der Waals surface area contributed by atoms with Crippen LogP contribution < -0.4 is 16.0 Å². The third kappa shape index (κ3) is 4.12. The highest BCUT2D eigenvalue weighted by atomic mass is 16.4. The highest BCUT2D eigenvalue weighted by Crippen LogP contribution is 2.09. The minimum absolute atomic E-state index is 0.198. The number of carboxylic acids is 1. The van der Waals surface area contributed by atoms with E-state index in [0.717, 1.165) is 4.90 Å². The molecule has 106 valence electrons. The van der Waals surface area contributed by atoms with E-state index in [1.165, 1.54) is 7.05 Å². The first-order chi connectivity index (χ1) is 8.95. The van der Waals surface area contributed by atoms with Crippen LogP contribution in [0.25, 0.3) is 0 Å². The van der Waals surface area contributed by atoms with Gasteiger partial charge in [0, 0.05) is 20.1 Å². The van der Waals surface area contributed by atoms with Gasteiger partial charge in [-0.1, -0.05) is 0 Å². The van der Waals surface area contributed by atoms with E-state index in [-0.39, 0.29) is 25.5 Å². The number of nitrogens with one attached hydrogen (secondary N) is 3. The zero-order valence-corrected chi connectivity index (χ0v) is 10.4. The van der Waals surface area contributed by atoms with Crippen LogP contribution in [0.3, 0.4) is 0 Å². The number of nitrogens with zero attached hydrogens (tertiary/aromatic N) is 1. The number of aliphatic carboxylic acids is 1. The molecule has 0 aromatic heterocycles. The second kappa shape index (κ2) is 6.57. The van der Waals surface area contributed by atoms with Gasteiger partial charge in [-0.15, -0.1) is 0 Å². The fraction of sp³-hybridized carbons (Fsp3) is 0.600. The average molecular weight is 272 g/mol. The van der Waals surface area contributed by atoms with Gasteiger partial charge in [0.2, 0.25) is 11.8 Å². The lowest BCUT2D eigenvalue weighted by Crippen LogP contribution is -2.60. The van der Waals surface area contributed by atoms with Crippen molar-refractivity contribution in [2.75, 3.05) is 26.7 Å². The van der Waals surface area contributed by atoms with Crippen LogP contribution >= 0.6 is 0 Å². The van der Waals surface area contributed by atoms with E-state index in [4.69, 9.17) is 5.11 Å². The van der Waals surface area contributed by atoms with Crippen molar-refractivity contribution in [3.8, 4) is 0 Å². The lowest BCUT2D eigenvalue weighted by Gasteiger charge is -2.34. The molecule has 9 nitrogen and oxygen atoms in total. The number of rotatable bonds is 4. The van der Waals surface area contributed by atoms with E-state index < -0.39 is 30.4 Å². The van der Waals surface area contributed by atoms with Crippen molar-refractivity contribution in [2.24, 2.45) is 0 Å². The Labute approximate surface area is 109 Å². The smallest absolute Gasteiger partial charge is 0.318 e. The predicted octanol–water partition coefficient (Wildman–Crippen LogP) is -2.28. The SMILES string of the molecule is CNC(=O)CNC(=O)N1CCNC(=O)C1CC(=O)O. The Balaban J connectivity index is 2.65. The molecule has 1 saturated heterocycles. The third-order valence-corrected chi connectivity index (χ3v) is 2.64. The summed E-state index contributed by atoms with van der Waals surface area (Å²) in [5.41, 5.74) is 0. The van der Waals surface area contributed by atoms with E-state index in [9.17, 15) is 19.2 Å². The van der Waals surface area contributed by atoms with Gasteiger partial charge < -0.3 is 26.0 Å². The quantitative estimate of drug-likeness (QED) is 0.458. The molecule has 19 heavy (non-hydrogen) atoms. The normalized spacial score (nSPS) is 18.5. The maximum atomic E-state index is 11.8. The third-order valence-electron chi connectivity index (χ3n) is 2.64. The second-order valence-corrected chi connectivity index (χ2v) is 3.93. The number of carbonyl (C=O) groups excluding carboxylic acids is 3. The van der Waals surface area contributed by atoms with Crippen molar-refractivity contribution in [2.45, 2.75) is 12.5 Å². The van der Waals surface area contributed by atoms with Crippen molar-refractivity contribution < 1.29 is 24.3 Å². The molecule has 4 amide bonds. The number of likely N-dealkylation sites (N-methyl/N-ethyl adjacent to an activating group) is 1. The zero-order valence-electron chi connectivity index (χ0n) is 10.4. The van der Waals surface area contributed by atoms with Crippen LogP contribution in [0.1, 0.15) is 6.42 Å². The van der Waals surface area contributed by atoms with Crippen LogP contribution in [0.4, 0.5) is 4.79 Å². The lowest BCUT2D eigenvalue weighted by atomic mass is 10.1. The van der Waals surface area contributed by atoms with Crippen LogP contribution in [0, 0.1) is 0 Å². The van der Waals surface area contributed by atoms with Gasteiger partial charge in [0.05, 0.1) is 13.0 Å². The molecule has 0 bridgehead atoms. The minimum Gasteiger partial charge on any atom is -0.481 e. The number of amides is 4. The summed E-state index contributed by atoms with van der Waals surface area (Å²) >= 11 is 0. The first-order valence-electron chi connectivity index (χ1n) is 5.70. The van der Waals surface area contributed by atoms with Gasteiger partial charge in [0.15, 0.2) is 0 Å². The molecule has 4 N–H and O–H groups in total. The second-order valence-electron chi connectivity index (χ2n) is 3.93. The van der Waals surface area contributed by atoms with Crippen molar-refractivity contribution in [1.29, 1.82) is 0 Å². The Morgan fingerprint density at radius 1 is 1.47 bits per heavy atom. The number of hydrogen-bond donors (Lipinski definition) is 4. The molecular formula is C10H16N4O5. The number of urea groups is 1. The van der Waals surface area contributed by atoms with Crippen molar-refractivity contribution >= 4 is 23.8 Å². The molecule has 1 fully saturated rings. The molecule has 1 atom stereocenters. The van der Waals surface area contributed by atoms with Crippen molar-refractivity contribution in [3.63, 3.8) is 0 Å². The molecular weight excluding hydrogens is 256 g/mol. The molecule has 0 radical (unpaired) electrons. The Morgan fingerprint density at radius 3 is 2.74 bits per heavy atom. The van der Waals surface area contributed by atoms with Crippen LogP contribution in [0.2, 0.25) is 0 Å². The molecule has 9 heteroatoms. The largest absolute Gasteiger partial charge is 0.481 e. The van der Waals surface area contributed by atoms with Gasteiger partial charge in [0.25, 0.3) is 0 Å². The Morgan fingerprint density at radius 2 is 2.16 bits per heavy atom. The first-order valence-corrected chi connectivity index (χ1v) is 5.70. The summed E-state index contributed by atoms with van der Waals surface area (Å²) in [6.45, 7) is 0.221. The van der Waals surface area contributed by atoms with E-state index in [1.807, 2.05) is 0 Å². The Hall–Kier alpha value is -2.32. The molecule has 1 heterocycles. The van der Waals surface area contributed by atoms with Crippen LogP contribution in [-0.4, -0.2) is 66.5 Å². The van der Waals surface area contributed by atoms with Crippen LogP contribution in [0.5, 0.6) is 0 Å². The summed E-state index contributed by atoms with van der Waals surface area (Å²) < 4.78 is 0. The molecule has 0 aromatic carbocycles. The summed E-state index contributed by atoms with van der Waals surface area (Å²) in [6, 6.07) is -1.69. The highest BCUT2D eigenvalue weighted by molar-refractivity contribution is 5.92. The summed E-state index contributed by atoms with van der Waals surface area (Å²) in [4.78, 5) is 46.2. The van der Waals surface area contributed by atoms with E-state index in [0.29, 0.717) is 0 Å². The molecule has 1 aliphatic rings. The molecule has 0 spiro atoms. The Kier molecular flexibility index (Phi) is 5.10. The van der Waals surface area contributed by atoms with Crippen LogP contribution in [0.15, 0.2) is 0 Å². The zero-order chi connectivity index (χ0) is 14.4. The summed E-state index contributed by atoms with van der Waals surface area (Å²) in [7, 11) is 1.43. The first kappa shape index (κ1) is 14.7. The molecule has 1 aliphatic heterocycles. The van der Waals surface area contributed by atoms with E-state index in [1.54, 1.807) is 0 Å². The standard InChI is InChI=1S/C10H16N4O5/c1-11-7(15)5-13-10(19)14-3-2-12-9(18)6(14)4-8(16)17/h6H,2-5H2,1H3,(H,11,15)(H,12,18)(H,13,19)(H,16,17). The number of hydrogen-bond acceptors (Lipinski definition) is 4. The fourth-order valence-corrected chi connectivity index (χ4v) is 1.67. The average Bonchev–Trinajstić information content (AvgIpc) is 2.37. The van der Waals surface area contributed by atoms with Gasteiger partial charge in [0.1, 0.15) is 6.04 Å². The number of piperazine rings is 1. The summed E-state index contributed by atoms with van der Waals surface area (Å²) in [5.74, 6) is -2.07. The number of carboxylic acid groups (broad SMARTS) is 1. The fourth-order valence-electron chi connectivity index (χ4n) is 1.67. The van der Waals surface area contributed by atoms with E-state index in [2.05, 4.69) is 16.0 Å². The van der Waals surface area contributed by atoms with Crippen molar-refractivity contribution in [1.82, 2.24) is 20.9 Å². The molecule has 0 aliphatic carbocycles. The molecule has 1 unspecified atom stereocenters. The summed E-state index contributed by atoms with van der Waals surface area (Å²) in [6.07, 6.45) is -0.473. The molecule has 1 rings (SSSR count). The van der Waals surface area contributed by atoms with Gasteiger partial charge in [-0.05, 0) is 0 Å². The van der Waals surface area contributed by atoms with Crippen molar-refractivity contribution in [3.05, 3.63) is 0 Å². The van der Waals surface area contributed by atoms with Gasteiger partial charge in [-0.2, -0.15) is 0 Å². The van der Waals surface area contributed by atoms with E-state index >= 15 is 0 Å². The monoisotopic (exact) mass is 272 g/mol.